The van der Waals surface area contributed by atoms with E-state index in [9.17, 15) is 4.79 Å². The van der Waals surface area contributed by atoms with Crippen LogP contribution in [0.3, 0.4) is 0 Å². The maximum absolute atomic E-state index is 12.8. The third-order valence-corrected chi connectivity index (χ3v) is 4.65. The van der Waals surface area contributed by atoms with Gasteiger partial charge in [-0.3, -0.25) is 4.79 Å². The molecule has 1 N–H and O–H groups in total. The van der Waals surface area contributed by atoms with Gasteiger partial charge in [-0.15, -0.1) is 0 Å². The minimum atomic E-state index is -0.111. The lowest BCUT2D eigenvalue weighted by Crippen LogP contribution is -2.29. The van der Waals surface area contributed by atoms with Crippen molar-refractivity contribution in [1.82, 2.24) is 9.97 Å². The Kier molecular flexibility index (Phi) is 4.13. The molecule has 0 aliphatic carbocycles. The van der Waals surface area contributed by atoms with Gasteiger partial charge in [0.2, 0.25) is 0 Å². The summed E-state index contributed by atoms with van der Waals surface area (Å²) >= 11 is 0. The molecule has 130 valence electrons. The fourth-order valence-corrected chi connectivity index (χ4v) is 3.28. The van der Waals surface area contributed by atoms with E-state index < -0.39 is 0 Å². The normalized spacial score (nSPS) is 12.8. The van der Waals surface area contributed by atoms with Gasteiger partial charge in [0, 0.05) is 17.9 Å². The zero-order chi connectivity index (χ0) is 18.1. The number of hydrogen-bond acceptors (Lipinski definition) is 4. The number of fused-ring (bicyclic) bond motifs is 1. The molecule has 1 amide bonds. The van der Waals surface area contributed by atoms with E-state index in [0.29, 0.717) is 18.1 Å². The summed E-state index contributed by atoms with van der Waals surface area (Å²) in [5, 5.41) is 3.25. The third-order valence-electron chi connectivity index (χ3n) is 4.65. The molecule has 3 aromatic rings. The molecule has 1 aromatic heterocycles. The number of carbonyl (C=O) groups excluding carboxylic acids is 1. The molecule has 2 heterocycles. The lowest BCUT2D eigenvalue weighted by molar-refractivity contribution is 0.0984. The molecule has 0 fully saturated rings. The van der Waals surface area contributed by atoms with Crippen molar-refractivity contribution in [3.05, 3.63) is 77.2 Å². The molecule has 5 heteroatoms. The lowest BCUT2D eigenvalue weighted by atomic mass is 10.1. The number of carbonyl (C=O) groups is 1. The molecule has 26 heavy (non-hydrogen) atoms. The number of nitrogens with one attached hydrogen (secondary N) is 1. The summed E-state index contributed by atoms with van der Waals surface area (Å²) in [6.07, 6.45) is 4.02. The highest BCUT2D eigenvalue weighted by molar-refractivity contribution is 6.05. The van der Waals surface area contributed by atoms with Crippen LogP contribution in [0.4, 0.5) is 17.2 Å². The average Bonchev–Trinajstić information content (AvgIpc) is 3.08. The zero-order valence-electron chi connectivity index (χ0n) is 14.9. The monoisotopic (exact) mass is 344 g/mol. The molecule has 2 aromatic carbocycles. The number of amides is 1. The number of benzene rings is 2. The molecule has 0 bridgehead atoms. The van der Waals surface area contributed by atoms with Crippen LogP contribution in [0.15, 0.2) is 54.9 Å². The molecule has 0 saturated heterocycles. The van der Waals surface area contributed by atoms with Crippen LogP contribution in [0.1, 0.15) is 27.2 Å². The Bertz CT molecular complexity index is 966. The Morgan fingerprint density at radius 2 is 1.92 bits per heavy atom. The highest BCUT2D eigenvalue weighted by Crippen LogP contribution is 2.28. The van der Waals surface area contributed by atoms with Crippen LogP contribution in [0.25, 0.3) is 0 Å². The predicted octanol–water partition coefficient (Wildman–Crippen LogP) is 4.04. The van der Waals surface area contributed by atoms with E-state index in [-0.39, 0.29) is 5.91 Å². The number of aromatic nitrogens is 2. The highest BCUT2D eigenvalue weighted by Gasteiger charge is 2.26. The van der Waals surface area contributed by atoms with Gasteiger partial charge in [-0.25, -0.2) is 9.97 Å². The Morgan fingerprint density at radius 1 is 1.08 bits per heavy atom. The second kappa shape index (κ2) is 6.59. The Morgan fingerprint density at radius 3 is 2.69 bits per heavy atom. The number of nitrogens with zero attached hydrogens (tertiary/aromatic N) is 3. The first-order valence-electron chi connectivity index (χ1n) is 8.68. The molecule has 1 aliphatic rings. The van der Waals surface area contributed by atoms with Crippen molar-refractivity contribution in [2.75, 3.05) is 16.8 Å². The summed E-state index contributed by atoms with van der Waals surface area (Å²) < 4.78 is 0. The topological polar surface area (TPSA) is 58.1 Å². The largest absolute Gasteiger partial charge is 0.339 e. The molecule has 1 aliphatic heterocycles. The van der Waals surface area contributed by atoms with Gasteiger partial charge in [-0.2, -0.15) is 0 Å². The zero-order valence-corrected chi connectivity index (χ0v) is 14.9. The van der Waals surface area contributed by atoms with E-state index >= 15 is 0 Å². The maximum Gasteiger partial charge on any atom is 0.278 e. The van der Waals surface area contributed by atoms with Gasteiger partial charge in [0.15, 0.2) is 0 Å². The molecule has 0 radical (unpaired) electrons. The summed E-state index contributed by atoms with van der Waals surface area (Å²) in [5.41, 5.74) is 5.86. The van der Waals surface area contributed by atoms with Crippen molar-refractivity contribution in [2.24, 2.45) is 0 Å². The molecule has 4 rings (SSSR count). The van der Waals surface area contributed by atoms with Crippen molar-refractivity contribution < 1.29 is 4.79 Å². The number of para-hydroxylation sites is 1. The fraction of sp³-hybridized carbons (Fsp3) is 0.190. The minimum absolute atomic E-state index is 0.111. The van der Waals surface area contributed by atoms with E-state index in [2.05, 4.69) is 34.3 Å². The van der Waals surface area contributed by atoms with Crippen molar-refractivity contribution in [3.8, 4) is 0 Å². The summed E-state index contributed by atoms with van der Waals surface area (Å²) in [7, 11) is 0. The lowest BCUT2D eigenvalue weighted by Gasteiger charge is -2.16. The number of anilines is 3. The number of hydrogen-bond donors (Lipinski definition) is 1. The van der Waals surface area contributed by atoms with Crippen molar-refractivity contribution >= 4 is 23.1 Å². The van der Waals surface area contributed by atoms with Gasteiger partial charge in [-0.05, 0) is 43.5 Å². The van der Waals surface area contributed by atoms with Crippen molar-refractivity contribution in [1.29, 1.82) is 0 Å². The molecule has 5 nitrogen and oxygen atoms in total. The van der Waals surface area contributed by atoms with E-state index in [0.717, 1.165) is 23.4 Å². The molecule has 0 saturated carbocycles. The van der Waals surface area contributed by atoms with Gasteiger partial charge < -0.3 is 10.2 Å². The average molecular weight is 344 g/mol. The van der Waals surface area contributed by atoms with Crippen LogP contribution < -0.4 is 10.2 Å². The first kappa shape index (κ1) is 16.3. The van der Waals surface area contributed by atoms with Gasteiger partial charge in [0.05, 0.1) is 12.4 Å². The highest BCUT2D eigenvalue weighted by atomic mass is 16.2. The van der Waals surface area contributed by atoms with Crippen molar-refractivity contribution in [3.63, 3.8) is 0 Å². The van der Waals surface area contributed by atoms with Gasteiger partial charge in [0.1, 0.15) is 11.5 Å². The van der Waals surface area contributed by atoms with Gasteiger partial charge in [0.25, 0.3) is 5.91 Å². The second-order valence-corrected chi connectivity index (χ2v) is 6.57. The molecule has 0 unspecified atom stereocenters. The summed E-state index contributed by atoms with van der Waals surface area (Å²) in [6.45, 7) is 4.79. The Labute approximate surface area is 152 Å². The number of aryl methyl sites for hydroxylation is 2. The summed E-state index contributed by atoms with van der Waals surface area (Å²) in [6, 6.07) is 14.2. The molecular formula is C21H20N4O. The van der Waals surface area contributed by atoms with Crippen LogP contribution in [0.2, 0.25) is 0 Å². The minimum Gasteiger partial charge on any atom is -0.339 e. The van der Waals surface area contributed by atoms with E-state index in [1.807, 2.05) is 37.3 Å². The van der Waals surface area contributed by atoms with Crippen LogP contribution in [-0.4, -0.2) is 22.4 Å². The molecule has 0 spiro atoms. The summed E-state index contributed by atoms with van der Waals surface area (Å²) in [4.78, 5) is 23.2. The predicted molar refractivity (Wildman–Crippen MR) is 103 cm³/mol. The van der Waals surface area contributed by atoms with E-state index in [1.165, 1.54) is 17.3 Å². The van der Waals surface area contributed by atoms with Gasteiger partial charge in [-0.1, -0.05) is 35.9 Å². The molecular weight excluding hydrogens is 324 g/mol. The Balaban J connectivity index is 1.52. The standard InChI is InChI=1S/C21H20N4O/c1-14-7-8-17(15(2)11-14)24-20-13-22-18(12-23-20)21(26)25-10-9-16-5-3-4-6-19(16)25/h3-8,11-13H,9-10H2,1-2H3,(H,23,24). The molecule has 0 atom stereocenters. The second-order valence-electron chi connectivity index (χ2n) is 6.57. The first-order chi connectivity index (χ1) is 12.6. The summed E-state index contributed by atoms with van der Waals surface area (Å²) in [5.74, 6) is 0.510. The van der Waals surface area contributed by atoms with Crippen LogP contribution >= 0.6 is 0 Å². The fourth-order valence-electron chi connectivity index (χ4n) is 3.28. The van der Waals surface area contributed by atoms with Gasteiger partial charge >= 0.3 is 0 Å². The maximum atomic E-state index is 12.8. The van der Waals surface area contributed by atoms with Crippen molar-refractivity contribution in [2.45, 2.75) is 20.3 Å². The van der Waals surface area contributed by atoms with Crippen LogP contribution in [0.5, 0.6) is 0 Å². The van der Waals surface area contributed by atoms with Crippen LogP contribution in [0, 0.1) is 13.8 Å². The van der Waals surface area contributed by atoms with Crippen LogP contribution in [-0.2, 0) is 6.42 Å². The van der Waals surface area contributed by atoms with E-state index in [4.69, 9.17) is 0 Å². The quantitative estimate of drug-likeness (QED) is 0.779. The first-order valence-corrected chi connectivity index (χ1v) is 8.68. The third kappa shape index (κ3) is 3.04. The van der Waals surface area contributed by atoms with E-state index in [1.54, 1.807) is 11.1 Å². The SMILES string of the molecule is Cc1ccc(Nc2cnc(C(=O)N3CCc4ccccc43)cn2)c(C)c1. The Hall–Kier alpha value is -3.21. The number of rotatable bonds is 3. The smallest absolute Gasteiger partial charge is 0.278 e.